The van der Waals surface area contributed by atoms with E-state index < -0.39 is 11.0 Å². The number of hydrogen-bond donors (Lipinski definition) is 0. The molecule has 8 aromatic rings. The van der Waals surface area contributed by atoms with Crippen molar-refractivity contribution in [2.75, 3.05) is 0 Å². The van der Waals surface area contributed by atoms with Gasteiger partial charge in [0.25, 0.3) is 0 Å². The quantitative estimate of drug-likeness (QED) is 0.185. The predicted molar refractivity (Wildman–Crippen MR) is 199 cm³/mol. The number of aromatic nitrogens is 1. The van der Waals surface area contributed by atoms with Gasteiger partial charge in [0.2, 0.25) is 0 Å². The van der Waals surface area contributed by atoms with Crippen LogP contribution in [0, 0.1) is 11.6 Å². The highest BCUT2D eigenvalue weighted by Gasteiger charge is 2.44. The fraction of sp³-hybridized carbons (Fsp3) is 0.0870. The van der Waals surface area contributed by atoms with Gasteiger partial charge < -0.3 is 9.30 Å². The molecule has 2 heterocycles. The zero-order valence-corrected chi connectivity index (χ0v) is 27.5. The maximum atomic E-state index is 15.2. The number of ether oxygens (including phenoxy) is 1. The van der Waals surface area contributed by atoms with Crippen molar-refractivity contribution in [1.82, 2.24) is 4.57 Å². The van der Waals surface area contributed by atoms with Crippen molar-refractivity contribution in [3.63, 3.8) is 0 Å². The average molecular weight is 652 g/mol. The Morgan fingerprint density at radius 2 is 1.28 bits per heavy atom. The molecular weight excluding hydrogens is 621 g/mol. The van der Waals surface area contributed by atoms with E-state index in [9.17, 15) is 4.39 Å². The van der Waals surface area contributed by atoms with Gasteiger partial charge in [-0.25, -0.2) is 8.78 Å². The van der Waals surface area contributed by atoms with Gasteiger partial charge in [0.05, 0.1) is 11.0 Å². The second kappa shape index (κ2) is 10.3. The largest absolute Gasteiger partial charge is 0.472 e. The monoisotopic (exact) mass is 651 g/mol. The number of rotatable bonds is 3. The number of benzene rings is 7. The van der Waals surface area contributed by atoms with Gasteiger partial charge in [-0.3, -0.25) is 0 Å². The van der Waals surface area contributed by atoms with Crippen LogP contribution in [0.15, 0.2) is 146 Å². The molecule has 50 heavy (non-hydrogen) atoms. The van der Waals surface area contributed by atoms with Gasteiger partial charge >= 0.3 is 0 Å². The highest BCUT2D eigenvalue weighted by molar-refractivity contribution is 6.10. The fourth-order valence-corrected chi connectivity index (χ4v) is 8.65. The van der Waals surface area contributed by atoms with Gasteiger partial charge in [-0.05, 0) is 88.3 Å². The second-order valence-electron chi connectivity index (χ2n) is 14.0. The van der Waals surface area contributed by atoms with Crippen LogP contribution in [-0.2, 0) is 11.0 Å². The molecule has 1 unspecified atom stereocenters. The molecule has 240 valence electrons. The van der Waals surface area contributed by atoms with E-state index in [1.165, 1.54) is 12.1 Å². The van der Waals surface area contributed by atoms with Crippen LogP contribution in [0.4, 0.5) is 8.78 Å². The van der Waals surface area contributed by atoms with Gasteiger partial charge in [-0.1, -0.05) is 105 Å². The summed E-state index contributed by atoms with van der Waals surface area (Å²) in [5.74, 6) is 0.0142. The lowest BCUT2D eigenvalue weighted by atomic mass is 9.76. The molecule has 0 saturated heterocycles. The topological polar surface area (TPSA) is 14.2 Å². The highest BCUT2D eigenvalue weighted by Crippen LogP contribution is 2.58. The summed E-state index contributed by atoms with van der Waals surface area (Å²) in [4.78, 5) is 0. The summed E-state index contributed by atoms with van der Waals surface area (Å²) in [7, 11) is 0. The maximum Gasteiger partial charge on any atom is 0.178 e. The number of hydrogen-bond acceptors (Lipinski definition) is 1. The van der Waals surface area contributed by atoms with E-state index in [1.54, 1.807) is 12.1 Å². The highest BCUT2D eigenvalue weighted by atomic mass is 19.1. The van der Waals surface area contributed by atoms with E-state index in [1.807, 2.05) is 36.4 Å². The van der Waals surface area contributed by atoms with Crippen LogP contribution in [-0.4, -0.2) is 4.57 Å². The van der Waals surface area contributed by atoms with E-state index in [0.717, 1.165) is 71.8 Å². The zero-order valence-electron chi connectivity index (χ0n) is 27.5. The smallest absolute Gasteiger partial charge is 0.178 e. The van der Waals surface area contributed by atoms with Gasteiger partial charge in [-0.15, -0.1) is 0 Å². The van der Waals surface area contributed by atoms with Crippen LogP contribution >= 0.6 is 0 Å². The Bertz CT molecular complexity index is 2720. The minimum absolute atomic E-state index is 0.271. The van der Waals surface area contributed by atoms with E-state index in [2.05, 4.69) is 109 Å². The Balaban J connectivity index is 1.26. The van der Waals surface area contributed by atoms with Crippen LogP contribution < -0.4 is 4.74 Å². The summed E-state index contributed by atoms with van der Waals surface area (Å²) in [6.07, 6.45) is 4.30. The zero-order chi connectivity index (χ0) is 33.8. The van der Waals surface area contributed by atoms with E-state index in [-0.39, 0.29) is 11.6 Å². The number of halogens is 2. The molecule has 0 fully saturated rings. The molecule has 0 spiro atoms. The van der Waals surface area contributed by atoms with Gasteiger partial charge in [0, 0.05) is 44.0 Å². The molecule has 4 heteroatoms. The molecular formula is C46H31F2NO. The molecule has 0 N–H and O–H groups in total. The SMILES string of the molecule is CC1(C)c2cc(F)ccc2-c2c1c1c(c3cc(F)ccc23)OC(c2ccccc2)(c2ccc3c(c2)c2ccccc2n3-c2ccccc2)C=C1. The summed E-state index contributed by atoms with van der Waals surface area (Å²) >= 11 is 0. The van der Waals surface area contributed by atoms with Gasteiger partial charge in [0.1, 0.15) is 17.4 Å². The summed E-state index contributed by atoms with van der Waals surface area (Å²) in [6.45, 7) is 4.27. The lowest BCUT2D eigenvalue weighted by molar-refractivity contribution is 0.163. The first-order chi connectivity index (χ1) is 24.3. The minimum Gasteiger partial charge on any atom is -0.472 e. The summed E-state index contributed by atoms with van der Waals surface area (Å²) in [5, 5.41) is 3.84. The normalized spacial score (nSPS) is 17.1. The molecule has 1 aliphatic carbocycles. The molecule has 1 aliphatic heterocycles. The molecule has 7 aromatic carbocycles. The Morgan fingerprint density at radius 1 is 0.580 bits per heavy atom. The molecule has 0 saturated carbocycles. The van der Waals surface area contributed by atoms with Crippen molar-refractivity contribution in [2.24, 2.45) is 0 Å². The van der Waals surface area contributed by atoms with Crippen LogP contribution in [0.25, 0.3) is 55.5 Å². The van der Waals surface area contributed by atoms with Crippen LogP contribution in [0.3, 0.4) is 0 Å². The Morgan fingerprint density at radius 3 is 2.10 bits per heavy atom. The lowest BCUT2D eigenvalue weighted by Gasteiger charge is -2.38. The summed E-state index contributed by atoms with van der Waals surface area (Å²) in [6, 6.07) is 45.7. The number of fused-ring (bicyclic) bond motifs is 11. The molecule has 0 bridgehead atoms. The van der Waals surface area contributed by atoms with E-state index in [0.29, 0.717) is 11.1 Å². The molecule has 2 aliphatic rings. The van der Waals surface area contributed by atoms with Gasteiger partial charge in [0.15, 0.2) is 5.60 Å². The standard InChI is InChI=1S/C46H31F2NO/c1-45(2)39-27-31(48)19-21-35(39)42-34-20-18-30(47)26-38(34)44-36(43(42)45)23-24-46(50-44,28-11-5-3-6-12-28)29-17-22-41-37(25-29)33-15-9-10-16-40(33)49(41)32-13-7-4-8-14-32/h3-27H,1-2H3. The molecule has 0 amide bonds. The molecule has 1 atom stereocenters. The fourth-order valence-electron chi connectivity index (χ4n) is 8.65. The average Bonchev–Trinajstić information content (AvgIpc) is 3.60. The molecule has 10 rings (SSSR count). The third kappa shape index (κ3) is 3.87. The first-order valence-corrected chi connectivity index (χ1v) is 17.0. The third-order valence-electron chi connectivity index (χ3n) is 10.9. The lowest BCUT2D eigenvalue weighted by Crippen LogP contribution is -2.35. The number of nitrogens with zero attached hydrogens (tertiary/aromatic N) is 1. The van der Waals surface area contributed by atoms with Crippen LogP contribution in [0.5, 0.6) is 5.75 Å². The first kappa shape index (κ1) is 29.0. The van der Waals surface area contributed by atoms with E-state index >= 15 is 4.39 Å². The van der Waals surface area contributed by atoms with Crippen molar-refractivity contribution < 1.29 is 13.5 Å². The Kier molecular flexibility index (Phi) is 5.94. The Hall–Kier alpha value is -6.00. The first-order valence-electron chi connectivity index (χ1n) is 17.0. The third-order valence-corrected chi connectivity index (χ3v) is 10.9. The van der Waals surface area contributed by atoms with Crippen LogP contribution in [0.2, 0.25) is 0 Å². The van der Waals surface area contributed by atoms with Crippen LogP contribution in [0.1, 0.15) is 41.7 Å². The van der Waals surface area contributed by atoms with Gasteiger partial charge in [-0.2, -0.15) is 0 Å². The summed E-state index contributed by atoms with van der Waals surface area (Å²) in [5.41, 5.74) is 8.56. The predicted octanol–water partition coefficient (Wildman–Crippen LogP) is 11.9. The van der Waals surface area contributed by atoms with Crippen molar-refractivity contribution >= 4 is 38.7 Å². The number of para-hydroxylation sites is 2. The van der Waals surface area contributed by atoms with Crippen molar-refractivity contribution in [3.05, 3.63) is 185 Å². The van der Waals surface area contributed by atoms with E-state index in [4.69, 9.17) is 4.74 Å². The van der Waals surface area contributed by atoms with Crippen molar-refractivity contribution in [2.45, 2.75) is 24.9 Å². The minimum atomic E-state index is -1.02. The van der Waals surface area contributed by atoms with Crippen molar-refractivity contribution in [3.8, 4) is 22.6 Å². The van der Waals surface area contributed by atoms with Crippen molar-refractivity contribution in [1.29, 1.82) is 0 Å². The second-order valence-corrected chi connectivity index (χ2v) is 14.0. The Labute approximate surface area is 288 Å². The molecule has 0 radical (unpaired) electrons. The molecule has 2 nitrogen and oxygen atoms in total. The summed E-state index contributed by atoms with van der Waals surface area (Å²) < 4.78 is 39.7. The molecule has 1 aromatic heterocycles. The maximum absolute atomic E-state index is 15.2.